The van der Waals surface area contributed by atoms with Gasteiger partial charge >= 0.3 is 0 Å². The Labute approximate surface area is 180 Å². The summed E-state index contributed by atoms with van der Waals surface area (Å²) in [4.78, 5) is 38.5. The topological polar surface area (TPSA) is 60.0 Å². The molecule has 3 aliphatic heterocycles. The van der Waals surface area contributed by atoms with Crippen LogP contribution in [0.15, 0.2) is 42.6 Å². The first-order valence-electron chi connectivity index (χ1n) is 10.4. The minimum absolute atomic E-state index is 0.0275. The minimum Gasteiger partial charge on any atom is -0.368 e. The first-order chi connectivity index (χ1) is 14.6. The Balaban J connectivity index is 1.31. The molecular formula is C22H24ClN5O2. The molecule has 0 spiro atoms. The Hall–Kier alpha value is -2.80. The number of benzene rings is 1. The number of pyridine rings is 1. The molecule has 2 saturated heterocycles. The highest BCUT2D eigenvalue weighted by Crippen LogP contribution is 2.39. The van der Waals surface area contributed by atoms with Gasteiger partial charge in [0, 0.05) is 44.6 Å². The third-order valence-electron chi connectivity index (χ3n) is 6.23. The van der Waals surface area contributed by atoms with Crippen molar-refractivity contribution in [1.29, 1.82) is 0 Å². The molecule has 7 nitrogen and oxygen atoms in total. The molecule has 2 aromatic rings. The number of carbonyl (C=O) groups is 2. The van der Waals surface area contributed by atoms with Crippen LogP contribution in [0.1, 0.15) is 12.8 Å². The lowest BCUT2D eigenvalue weighted by molar-refractivity contribution is -0.132. The lowest BCUT2D eigenvalue weighted by atomic mass is 10.1. The maximum absolute atomic E-state index is 13.2. The van der Waals surface area contributed by atoms with E-state index in [1.54, 1.807) is 17.2 Å². The maximum atomic E-state index is 13.2. The van der Waals surface area contributed by atoms with E-state index in [0.29, 0.717) is 23.8 Å². The van der Waals surface area contributed by atoms with Crippen LogP contribution in [0.5, 0.6) is 0 Å². The van der Waals surface area contributed by atoms with Crippen LogP contribution < -0.4 is 14.7 Å². The molecule has 0 radical (unpaired) electrons. The van der Waals surface area contributed by atoms with Crippen molar-refractivity contribution in [2.24, 2.45) is 0 Å². The van der Waals surface area contributed by atoms with Gasteiger partial charge in [0.05, 0.1) is 10.7 Å². The summed E-state index contributed by atoms with van der Waals surface area (Å²) in [6, 6.07) is 11.7. The van der Waals surface area contributed by atoms with Crippen molar-refractivity contribution in [3.05, 3.63) is 47.6 Å². The van der Waals surface area contributed by atoms with Crippen molar-refractivity contribution >= 4 is 40.6 Å². The molecule has 1 aromatic carbocycles. The Morgan fingerprint density at radius 2 is 1.87 bits per heavy atom. The standard InChI is InChI=1S/C22H24ClN5O2/c23-16-13-19-21(24-14-16)27-8-4-7-18(27)22(30)28(19)15-20(29)26-11-9-25(10-12-26)17-5-2-1-3-6-17/h1-3,5-6,13-14,18H,4,7-12,15H2. The number of halogens is 1. The van der Waals surface area contributed by atoms with Crippen LogP contribution in [0.3, 0.4) is 0 Å². The van der Waals surface area contributed by atoms with Crippen LogP contribution in [-0.2, 0) is 9.59 Å². The van der Waals surface area contributed by atoms with Gasteiger partial charge in [0.25, 0.3) is 0 Å². The highest BCUT2D eigenvalue weighted by atomic mass is 35.5. The smallest absolute Gasteiger partial charge is 0.250 e. The van der Waals surface area contributed by atoms with E-state index in [-0.39, 0.29) is 24.4 Å². The predicted molar refractivity (Wildman–Crippen MR) is 117 cm³/mol. The molecule has 156 valence electrons. The van der Waals surface area contributed by atoms with Gasteiger partial charge in [0.1, 0.15) is 12.6 Å². The van der Waals surface area contributed by atoms with Crippen LogP contribution in [0.25, 0.3) is 0 Å². The van der Waals surface area contributed by atoms with Crippen molar-refractivity contribution in [3.63, 3.8) is 0 Å². The molecule has 0 bridgehead atoms. The van der Waals surface area contributed by atoms with E-state index in [9.17, 15) is 9.59 Å². The van der Waals surface area contributed by atoms with Crippen LogP contribution in [0.4, 0.5) is 17.2 Å². The number of nitrogens with zero attached hydrogens (tertiary/aromatic N) is 5. The number of anilines is 3. The zero-order chi connectivity index (χ0) is 20.7. The number of fused-ring (bicyclic) bond motifs is 3. The van der Waals surface area contributed by atoms with Crippen LogP contribution >= 0.6 is 11.6 Å². The lowest BCUT2D eigenvalue weighted by Crippen LogP contribution is -2.56. The van der Waals surface area contributed by atoms with Crippen LogP contribution in [0, 0.1) is 0 Å². The molecule has 4 heterocycles. The third kappa shape index (κ3) is 3.37. The summed E-state index contributed by atoms with van der Waals surface area (Å²) in [5.74, 6) is 0.692. The zero-order valence-electron chi connectivity index (χ0n) is 16.7. The first kappa shape index (κ1) is 19.2. The monoisotopic (exact) mass is 425 g/mol. The highest BCUT2D eigenvalue weighted by Gasteiger charge is 2.42. The molecule has 1 aromatic heterocycles. The molecule has 2 amide bonds. The fourth-order valence-corrected chi connectivity index (χ4v) is 4.82. The number of carbonyl (C=O) groups excluding carboxylic acids is 2. The van der Waals surface area contributed by atoms with Gasteiger partial charge in [-0.25, -0.2) is 4.98 Å². The Morgan fingerprint density at radius 3 is 2.63 bits per heavy atom. The van der Waals surface area contributed by atoms with E-state index >= 15 is 0 Å². The highest BCUT2D eigenvalue weighted by molar-refractivity contribution is 6.31. The first-order valence-corrected chi connectivity index (χ1v) is 10.8. The SMILES string of the molecule is O=C(CN1C(=O)C2CCCN2c2ncc(Cl)cc21)N1CCN(c2ccccc2)CC1. The number of aromatic nitrogens is 1. The summed E-state index contributed by atoms with van der Waals surface area (Å²) in [7, 11) is 0. The maximum Gasteiger partial charge on any atom is 0.250 e. The minimum atomic E-state index is -0.228. The molecule has 0 saturated carbocycles. The van der Waals surface area contributed by atoms with E-state index < -0.39 is 0 Å². The number of amides is 2. The summed E-state index contributed by atoms with van der Waals surface area (Å²) < 4.78 is 0. The second kappa shape index (κ2) is 7.80. The molecule has 30 heavy (non-hydrogen) atoms. The predicted octanol–water partition coefficient (Wildman–Crippen LogP) is 2.40. The van der Waals surface area contributed by atoms with Crippen molar-refractivity contribution in [3.8, 4) is 0 Å². The van der Waals surface area contributed by atoms with Crippen LogP contribution in [-0.4, -0.2) is 67.0 Å². The Bertz CT molecular complexity index is 961. The number of piperazine rings is 1. The fourth-order valence-electron chi connectivity index (χ4n) is 4.67. The molecule has 3 aliphatic rings. The molecule has 0 aliphatic carbocycles. The number of para-hydroxylation sites is 1. The van der Waals surface area contributed by atoms with E-state index in [1.807, 2.05) is 28.0 Å². The molecule has 8 heteroatoms. The van der Waals surface area contributed by atoms with Crippen molar-refractivity contribution in [2.45, 2.75) is 18.9 Å². The second-order valence-electron chi connectivity index (χ2n) is 7.98. The molecule has 1 unspecified atom stereocenters. The summed E-state index contributed by atoms with van der Waals surface area (Å²) in [6.07, 6.45) is 3.35. The van der Waals surface area contributed by atoms with Gasteiger partial charge in [-0.3, -0.25) is 14.5 Å². The number of rotatable bonds is 3. The summed E-state index contributed by atoms with van der Waals surface area (Å²) in [6.45, 7) is 3.69. The normalized spacial score (nSPS) is 21.0. The van der Waals surface area contributed by atoms with E-state index in [4.69, 9.17) is 11.6 Å². The quantitative estimate of drug-likeness (QED) is 0.755. The largest absolute Gasteiger partial charge is 0.368 e. The van der Waals surface area contributed by atoms with E-state index in [1.165, 1.54) is 5.69 Å². The Morgan fingerprint density at radius 1 is 1.10 bits per heavy atom. The van der Waals surface area contributed by atoms with Gasteiger partial charge in [-0.15, -0.1) is 0 Å². The molecule has 2 fully saturated rings. The lowest BCUT2D eigenvalue weighted by Gasteiger charge is -2.40. The van der Waals surface area contributed by atoms with E-state index in [2.05, 4.69) is 22.0 Å². The van der Waals surface area contributed by atoms with Gasteiger partial charge in [0.15, 0.2) is 5.82 Å². The third-order valence-corrected chi connectivity index (χ3v) is 6.43. The van der Waals surface area contributed by atoms with Gasteiger partial charge in [-0.05, 0) is 31.0 Å². The molecule has 5 rings (SSSR count). The van der Waals surface area contributed by atoms with Crippen molar-refractivity contribution in [1.82, 2.24) is 9.88 Å². The zero-order valence-corrected chi connectivity index (χ0v) is 17.5. The average Bonchev–Trinajstić information content (AvgIpc) is 3.27. The number of hydrogen-bond donors (Lipinski definition) is 0. The summed E-state index contributed by atoms with van der Waals surface area (Å²) in [5, 5.41) is 0.466. The molecular weight excluding hydrogens is 402 g/mol. The average molecular weight is 426 g/mol. The van der Waals surface area contributed by atoms with Crippen LogP contribution in [0.2, 0.25) is 5.02 Å². The van der Waals surface area contributed by atoms with E-state index in [0.717, 1.165) is 38.3 Å². The summed E-state index contributed by atoms with van der Waals surface area (Å²) in [5.41, 5.74) is 1.81. The van der Waals surface area contributed by atoms with Gasteiger partial charge < -0.3 is 14.7 Å². The van der Waals surface area contributed by atoms with Crippen molar-refractivity contribution in [2.75, 3.05) is 54.0 Å². The van der Waals surface area contributed by atoms with Gasteiger partial charge in [0.2, 0.25) is 11.8 Å². The van der Waals surface area contributed by atoms with Crippen molar-refractivity contribution < 1.29 is 9.59 Å². The van der Waals surface area contributed by atoms with Gasteiger partial charge in [-0.1, -0.05) is 29.8 Å². The molecule has 1 atom stereocenters. The Kier molecular flexibility index (Phi) is 4.98. The fraction of sp³-hybridized carbons (Fsp3) is 0.409. The molecule has 0 N–H and O–H groups in total. The number of hydrogen-bond acceptors (Lipinski definition) is 5. The van der Waals surface area contributed by atoms with Gasteiger partial charge in [-0.2, -0.15) is 0 Å². The second-order valence-corrected chi connectivity index (χ2v) is 8.41. The summed E-state index contributed by atoms with van der Waals surface area (Å²) >= 11 is 6.17.